The SMILES string of the molecule is CC1(C)c2cc(N(c3ccccc3)c3cccc(-c4ccccc4)c3)ccc2-c2cc3ccccc3cc21. The molecule has 0 aliphatic heterocycles. The number of rotatable bonds is 4. The van der Waals surface area contributed by atoms with Crippen molar-refractivity contribution in [2.75, 3.05) is 4.90 Å². The number of nitrogens with zero attached hydrogens (tertiary/aromatic N) is 1. The van der Waals surface area contributed by atoms with E-state index in [0.717, 1.165) is 11.4 Å². The van der Waals surface area contributed by atoms with Gasteiger partial charge in [-0.25, -0.2) is 0 Å². The van der Waals surface area contributed by atoms with E-state index in [1.807, 2.05) is 0 Å². The van der Waals surface area contributed by atoms with Gasteiger partial charge >= 0.3 is 0 Å². The molecule has 1 aliphatic rings. The molecule has 38 heavy (non-hydrogen) atoms. The normalized spacial score (nSPS) is 13.2. The Morgan fingerprint density at radius 1 is 0.421 bits per heavy atom. The van der Waals surface area contributed by atoms with Crippen molar-refractivity contribution >= 4 is 27.8 Å². The van der Waals surface area contributed by atoms with E-state index in [-0.39, 0.29) is 5.41 Å². The van der Waals surface area contributed by atoms with Crippen LogP contribution < -0.4 is 4.90 Å². The minimum Gasteiger partial charge on any atom is -0.310 e. The summed E-state index contributed by atoms with van der Waals surface area (Å²) in [6, 6.07) is 50.6. The predicted octanol–water partition coefficient (Wildman–Crippen LogP) is 10.3. The average molecular weight is 488 g/mol. The molecule has 7 rings (SSSR count). The average Bonchev–Trinajstić information content (AvgIpc) is 3.18. The van der Waals surface area contributed by atoms with E-state index in [2.05, 4.69) is 158 Å². The maximum atomic E-state index is 2.40. The van der Waals surface area contributed by atoms with Crippen molar-refractivity contribution in [2.45, 2.75) is 19.3 Å². The number of hydrogen-bond donors (Lipinski definition) is 0. The molecule has 1 nitrogen and oxygen atoms in total. The molecule has 0 N–H and O–H groups in total. The van der Waals surface area contributed by atoms with Crippen molar-refractivity contribution in [3.63, 3.8) is 0 Å². The van der Waals surface area contributed by atoms with Crippen molar-refractivity contribution in [1.82, 2.24) is 0 Å². The number of anilines is 3. The first-order valence-electron chi connectivity index (χ1n) is 13.3. The topological polar surface area (TPSA) is 3.24 Å². The quantitative estimate of drug-likeness (QED) is 0.239. The first kappa shape index (κ1) is 22.6. The third-order valence-corrected chi connectivity index (χ3v) is 8.01. The molecule has 0 unspecified atom stereocenters. The molecule has 1 aliphatic carbocycles. The van der Waals surface area contributed by atoms with E-state index in [0.29, 0.717) is 0 Å². The Morgan fingerprint density at radius 3 is 1.76 bits per heavy atom. The number of hydrogen-bond acceptors (Lipinski definition) is 1. The minimum absolute atomic E-state index is 0.0844. The first-order chi connectivity index (χ1) is 18.6. The summed E-state index contributed by atoms with van der Waals surface area (Å²) < 4.78 is 0. The van der Waals surface area contributed by atoms with E-state index in [4.69, 9.17) is 0 Å². The van der Waals surface area contributed by atoms with Gasteiger partial charge in [-0.2, -0.15) is 0 Å². The highest BCUT2D eigenvalue weighted by molar-refractivity contribution is 5.94. The van der Waals surface area contributed by atoms with Crippen LogP contribution in [0.2, 0.25) is 0 Å². The van der Waals surface area contributed by atoms with Crippen molar-refractivity contribution in [2.24, 2.45) is 0 Å². The van der Waals surface area contributed by atoms with Gasteiger partial charge in [0.25, 0.3) is 0 Å². The Bertz CT molecular complexity index is 1780. The van der Waals surface area contributed by atoms with Crippen LogP contribution in [-0.4, -0.2) is 0 Å². The number of benzene rings is 6. The van der Waals surface area contributed by atoms with Crippen molar-refractivity contribution in [3.05, 3.63) is 151 Å². The third kappa shape index (κ3) is 3.63. The molecule has 0 spiro atoms. The monoisotopic (exact) mass is 487 g/mol. The Morgan fingerprint density at radius 2 is 1.00 bits per heavy atom. The Balaban J connectivity index is 1.39. The lowest BCUT2D eigenvalue weighted by molar-refractivity contribution is 0.661. The summed E-state index contributed by atoms with van der Waals surface area (Å²) in [6.45, 7) is 4.72. The summed E-state index contributed by atoms with van der Waals surface area (Å²) >= 11 is 0. The fourth-order valence-electron chi connectivity index (χ4n) is 6.03. The second kappa shape index (κ2) is 8.75. The molecule has 6 aromatic rings. The molecule has 1 heteroatoms. The molecular formula is C37H29N. The summed E-state index contributed by atoms with van der Waals surface area (Å²) in [5.41, 5.74) is 11.3. The summed E-state index contributed by atoms with van der Waals surface area (Å²) in [4.78, 5) is 2.38. The number of para-hydroxylation sites is 1. The van der Waals surface area contributed by atoms with Gasteiger partial charge in [-0.05, 0) is 92.7 Å². The molecule has 0 atom stereocenters. The molecule has 182 valence electrons. The lowest BCUT2D eigenvalue weighted by Gasteiger charge is -2.28. The molecule has 0 radical (unpaired) electrons. The standard InChI is InChI=1S/C37H29N/c1-37(2)35-24-29-15-10-9-14-28(29)23-34(35)33-21-20-32(25-36(33)37)38(30-17-7-4-8-18-30)31-19-11-16-27(22-31)26-12-5-3-6-13-26/h3-25H,1-2H3. The van der Waals surface area contributed by atoms with Gasteiger partial charge in [-0.3, -0.25) is 0 Å². The van der Waals surface area contributed by atoms with Gasteiger partial charge in [0.1, 0.15) is 0 Å². The second-order valence-electron chi connectivity index (χ2n) is 10.7. The van der Waals surface area contributed by atoms with Crippen LogP contribution in [-0.2, 0) is 5.41 Å². The van der Waals surface area contributed by atoms with E-state index in [1.54, 1.807) is 0 Å². The van der Waals surface area contributed by atoms with Gasteiger partial charge < -0.3 is 4.90 Å². The summed E-state index contributed by atoms with van der Waals surface area (Å²) in [6.07, 6.45) is 0. The summed E-state index contributed by atoms with van der Waals surface area (Å²) in [5.74, 6) is 0. The zero-order chi connectivity index (χ0) is 25.7. The van der Waals surface area contributed by atoms with Crippen LogP contribution >= 0.6 is 0 Å². The zero-order valence-electron chi connectivity index (χ0n) is 21.7. The zero-order valence-corrected chi connectivity index (χ0v) is 21.7. The van der Waals surface area contributed by atoms with E-state index in [1.165, 1.54) is 49.8 Å². The van der Waals surface area contributed by atoms with Crippen molar-refractivity contribution in [3.8, 4) is 22.3 Å². The number of fused-ring (bicyclic) bond motifs is 4. The highest BCUT2D eigenvalue weighted by atomic mass is 15.1. The van der Waals surface area contributed by atoms with Gasteiger partial charge in [0, 0.05) is 22.5 Å². The van der Waals surface area contributed by atoms with Crippen molar-refractivity contribution in [1.29, 1.82) is 0 Å². The minimum atomic E-state index is -0.0844. The first-order valence-corrected chi connectivity index (χ1v) is 13.3. The Labute approximate surface area is 224 Å². The lowest BCUT2D eigenvalue weighted by Crippen LogP contribution is -2.16. The van der Waals surface area contributed by atoms with E-state index in [9.17, 15) is 0 Å². The van der Waals surface area contributed by atoms with Crippen LogP contribution in [0.1, 0.15) is 25.0 Å². The Hall–Kier alpha value is -4.62. The van der Waals surface area contributed by atoms with E-state index < -0.39 is 0 Å². The molecule has 6 aromatic carbocycles. The maximum absolute atomic E-state index is 2.40. The van der Waals surface area contributed by atoms with Crippen molar-refractivity contribution < 1.29 is 0 Å². The molecule has 0 aromatic heterocycles. The van der Waals surface area contributed by atoms with Gasteiger partial charge in [0.05, 0.1) is 0 Å². The molecular weight excluding hydrogens is 458 g/mol. The van der Waals surface area contributed by atoms with Gasteiger partial charge in [0.2, 0.25) is 0 Å². The molecule has 0 bridgehead atoms. The van der Waals surface area contributed by atoms with Gasteiger partial charge in [0.15, 0.2) is 0 Å². The largest absolute Gasteiger partial charge is 0.310 e. The maximum Gasteiger partial charge on any atom is 0.0467 e. The van der Waals surface area contributed by atoms with Crippen LogP contribution in [0.15, 0.2) is 140 Å². The summed E-state index contributed by atoms with van der Waals surface area (Å²) in [5, 5.41) is 2.60. The van der Waals surface area contributed by atoms with Crippen LogP contribution in [0, 0.1) is 0 Å². The van der Waals surface area contributed by atoms with Crippen LogP contribution in [0.3, 0.4) is 0 Å². The molecule has 0 amide bonds. The highest BCUT2D eigenvalue weighted by Gasteiger charge is 2.36. The van der Waals surface area contributed by atoms with E-state index >= 15 is 0 Å². The third-order valence-electron chi connectivity index (χ3n) is 8.01. The Kier molecular flexibility index (Phi) is 5.19. The highest BCUT2D eigenvalue weighted by Crippen LogP contribution is 2.51. The van der Waals surface area contributed by atoms with Crippen LogP contribution in [0.5, 0.6) is 0 Å². The fourth-order valence-corrected chi connectivity index (χ4v) is 6.03. The van der Waals surface area contributed by atoms with Crippen LogP contribution in [0.25, 0.3) is 33.0 Å². The molecule has 0 heterocycles. The van der Waals surface area contributed by atoms with Crippen LogP contribution in [0.4, 0.5) is 17.1 Å². The van der Waals surface area contributed by atoms with Gasteiger partial charge in [-0.15, -0.1) is 0 Å². The predicted molar refractivity (Wildman–Crippen MR) is 162 cm³/mol. The molecule has 0 saturated heterocycles. The lowest BCUT2D eigenvalue weighted by atomic mass is 9.81. The smallest absolute Gasteiger partial charge is 0.0467 e. The molecule has 0 saturated carbocycles. The van der Waals surface area contributed by atoms with Gasteiger partial charge in [-0.1, -0.05) is 105 Å². The summed E-state index contributed by atoms with van der Waals surface area (Å²) in [7, 11) is 0. The second-order valence-corrected chi connectivity index (χ2v) is 10.7. The molecule has 0 fully saturated rings. The fraction of sp³-hybridized carbons (Fsp3) is 0.0811.